The Kier molecular flexibility index (Phi) is 3.77. The highest BCUT2D eigenvalue weighted by molar-refractivity contribution is 5.30. The van der Waals surface area contributed by atoms with Crippen molar-refractivity contribution < 1.29 is 15.3 Å². The second-order valence-corrected chi connectivity index (χ2v) is 4.33. The lowest BCUT2D eigenvalue weighted by Gasteiger charge is -2.19. The molecule has 0 saturated carbocycles. The van der Waals surface area contributed by atoms with Gasteiger partial charge in [0.05, 0.1) is 0 Å². The Morgan fingerprint density at radius 1 is 0.778 bits per heavy atom. The lowest BCUT2D eigenvalue weighted by Crippen LogP contribution is -2.29. The molecule has 0 saturated heterocycles. The van der Waals surface area contributed by atoms with E-state index < -0.39 is 12.4 Å². The number of aliphatic hydroxyl groups excluding tert-OH is 1. The van der Waals surface area contributed by atoms with Crippen molar-refractivity contribution in [2.24, 2.45) is 0 Å². The predicted octanol–water partition coefficient (Wildman–Crippen LogP) is 1.41. The fourth-order valence-electron chi connectivity index (χ4n) is 1.81. The van der Waals surface area contributed by atoms with Gasteiger partial charge in [0.15, 0.2) is 0 Å². The fourth-order valence-corrected chi connectivity index (χ4v) is 1.81. The van der Waals surface area contributed by atoms with Gasteiger partial charge in [-0.25, -0.2) is 0 Å². The van der Waals surface area contributed by atoms with Crippen molar-refractivity contribution in [1.82, 2.24) is 0 Å². The first kappa shape index (κ1) is 12.8. The quantitative estimate of drug-likeness (QED) is 0.713. The van der Waals surface area contributed by atoms with Crippen LogP contribution in [-0.4, -0.2) is 21.9 Å². The van der Waals surface area contributed by atoms with E-state index in [4.69, 9.17) is 5.11 Å². The summed E-state index contributed by atoms with van der Waals surface area (Å²) in [6.45, 7) is -0.717. The van der Waals surface area contributed by atoms with Gasteiger partial charge in [0, 0.05) is 5.56 Å². The maximum atomic E-state index is 9.48. The molecule has 3 N–H and O–H groups in total. The van der Waals surface area contributed by atoms with E-state index in [0.717, 1.165) is 12.0 Å². The van der Waals surface area contributed by atoms with Gasteiger partial charge in [0.25, 0.3) is 0 Å². The maximum absolute atomic E-state index is 9.48. The van der Waals surface area contributed by atoms with E-state index in [1.807, 2.05) is 42.5 Å². The van der Waals surface area contributed by atoms with Gasteiger partial charge >= 0.3 is 0 Å². The van der Waals surface area contributed by atoms with Crippen LogP contribution < -0.4 is 0 Å². The highest BCUT2D eigenvalue weighted by Crippen LogP contribution is 2.18. The molecule has 0 amide bonds. The van der Waals surface area contributed by atoms with Crippen LogP contribution in [0.15, 0.2) is 54.6 Å². The van der Waals surface area contributed by atoms with Crippen molar-refractivity contribution in [2.75, 3.05) is 6.61 Å². The van der Waals surface area contributed by atoms with Crippen LogP contribution in [0, 0.1) is 0 Å². The minimum absolute atomic E-state index is 0.293. The second kappa shape index (κ2) is 5.31. The normalized spacial score (nSPS) is 11.5. The third kappa shape index (κ3) is 2.96. The molecule has 0 radical (unpaired) electrons. The second-order valence-electron chi connectivity index (χ2n) is 4.33. The van der Waals surface area contributed by atoms with Crippen LogP contribution >= 0.6 is 0 Å². The van der Waals surface area contributed by atoms with E-state index in [-0.39, 0.29) is 0 Å². The van der Waals surface area contributed by atoms with Gasteiger partial charge in [0.1, 0.15) is 6.61 Å². The number of hydrogen-bond donors (Lipinski definition) is 3. The molecule has 0 spiro atoms. The lowest BCUT2D eigenvalue weighted by atomic mass is 10.0. The summed E-state index contributed by atoms with van der Waals surface area (Å²) in [7, 11) is 0. The summed E-state index contributed by atoms with van der Waals surface area (Å²) in [6, 6.07) is 16.9. The Balaban J connectivity index is 2.14. The molecule has 3 heteroatoms. The summed E-state index contributed by atoms with van der Waals surface area (Å²) in [5.41, 5.74) is 2.58. The Labute approximate surface area is 106 Å². The molecule has 0 aromatic heterocycles. The monoisotopic (exact) mass is 244 g/mol. The summed E-state index contributed by atoms with van der Waals surface area (Å²) >= 11 is 0. The van der Waals surface area contributed by atoms with Gasteiger partial charge in [-0.2, -0.15) is 0 Å². The molecule has 2 aromatic rings. The Bertz CT molecular complexity index is 489. The highest BCUT2D eigenvalue weighted by Gasteiger charge is 2.24. The molecule has 0 unspecified atom stereocenters. The first-order chi connectivity index (χ1) is 8.62. The zero-order chi connectivity index (χ0) is 13.0. The minimum atomic E-state index is -2.16. The molecule has 0 aliphatic rings. The van der Waals surface area contributed by atoms with Gasteiger partial charge in [-0.1, -0.05) is 54.6 Å². The van der Waals surface area contributed by atoms with Crippen LogP contribution in [0.1, 0.15) is 16.7 Å². The van der Waals surface area contributed by atoms with Crippen LogP contribution in [0.3, 0.4) is 0 Å². The smallest absolute Gasteiger partial charge is 0.213 e. The predicted molar refractivity (Wildman–Crippen MR) is 68.9 cm³/mol. The molecular formula is C15H16O3. The van der Waals surface area contributed by atoms with Crippen molar-refractivity contribution in [3.63, 3.8) is 0 Å². The van der Waals surface area contributed by atoms with E-state index in [0.29, 0.717) is 5.56 Å². The van der Waals surface area contributed by atoms with Crippen LogP contribution in [0.25, 0.3) is 0 Å². The fraction of sp³-hybridized carbons (Fsp3) is 0.200. The third-order valence-electron chi connectivity index (χ3n) is 2.89. The van der Waals surface area contributed by atoms with Gasteiger partial charge in [-0.15, -0.1) is 0 Å². The van der Waals surface area contributed by atoms with Gasteiger partial charge < -0.3 is 15.3 Å². The third-order valence-corrected chi connectivity index (χ3v) is 2.89. The van der Waals surface area contributed by atoms with Gasteiger partial charge in [-0.05, 0) is 17.5 Å². The van der Waals surface area contributed by atoms with Crippen molar-refractivity contribution in [3.05, 3.63) is 71.3 Å². The summed E-state index contributed by atoms with van der Waals surface area (Å²) < 4.78 is 0. The highest BCUT2D eigenvalue weighted by atomic mass is 16.5. The Morgan fingerprint density at radius 2 is 1.33 bits per heavy atom. The molecular weight excluding hydrogens is 228 g/mol. The van der Waals surface area contributed by atoms with E-state index in [1.54, 1.807) is 12.1 Å². The van der Waals surface area contributed by atoms with E-state index in [9.17, 15) is 10.2 Å². The first-order valence-corrected chi connectivity index (χ1v) is 5.81. The van der Waals surface area contributed by atoms with Crippen LogP contribution in [-0.2, 0) is 12.2 Å². The number of aliphatic hydroxyl groups is 3. The molecule has 2 rings (SSSR count). The van der Waals surface area contributed by atoms with E-state index >= 15 is 0 Å². The molecule has 18 heavy (non-hydrogen) atoms. The van der Waals surface area contributed by atoms with Crippen LogP contribution in [0.4, 0.5) is 0 Å². The topological polar surface area (TPSA) is 60.7 Å². The summed E-state index contributed by atoms with van der Waals surface area (Å²) in [5.74, 6) is -2.16. The molecule has 3 nitrogen and oxygen atoms in total. The molecule has 2 aromatic carbocycles. The number of hydrogen-bond acceptors (Lipinski definition) is 3. The molecule has 0 heterocycles. The molecule has 0 bridgehead atoms. The summed E-state index contributed by atoms with van der Waals surface area (Å²) in [5, 5.41) is 27.8. The van der Waals surface area contributed by atoms with Crippen molar-refractivity contribution in [1.29, 1.82) is 0 Å². The Morgan fingerprint density at radius 3 is 1.89 bits per heavy atom. The van der Waals surface area contributed by atoms with Gasteiger partial charge in [-0.3, -0.25) is 0 Å². The average molecular weight is 244 g/mol. The van der Waals surface area contributed by atoms with Crippen molar-refractivity contribution in [2.45, 2.75) is 12.2 Å². The standard InChI is InChI=1S/C15H16O3/c16-11-15(17,18)14-8-6-13(7-9-14)10-12-4-2-1-3-5-12/h1-9,16-18H,10-11H2. The zero-order valence-corrected chi connectivity index (χ0v) is 9.95. The van der Waals surface area contributed by atoms with Crippen LogP contribution in [0.2, 0.25) is 0 Å². The van der Waals surface area contributed by atoms with E-state index in [1.165, 1.54) is 5.56 Å². The van der Waals surface area contributed by atoms with E-state index in [2.05, 4.69) is 0 Å². The maximum Gasteiger partial charge on any atom is 0.213 e. The van der Waals surface area contributed by atoms with Crippen LogP contribution in [0.5, 0.6) is 0 Å². The Hall–Kier alpha value is -1.68. The first-order valence-electron chi connectivity index (χ1n) is 5.81. The number of rotatable bonds is 4. The largest absolute Gasteiger partial charge is 0.390 e. The van der Waals surface area contributed by atoms with Crippen molar-refractivity contribution in [3.8, 4) is 0 Å². The minimum Gasteiger partial charge on any atom is -0.390 e. The SMILES string of the molecule is OCC(O)(O)c1ccc(Cc2ccccc2)cc1. The molecule has 0 fully saturated rings. The number of benzene rings is 2. The zero-order valence-electron chi connectivity index (χ0n) is 9.95. The molecule has 94 valence electrons. The summed E-state index contributed by atoms with van der Waals surface area (Å²) in [4.78, 5) is 0. The molecule has 0 aliphatic heterocycles. The molecule has 0 atom stereocenters. The molecule has 0 aliphatic carbocycles. The average Bonchev–Trinajstić information content (AvgIpc) is 2.40. The lowest BCUT2D eigenvalue weighted by molar-refractivity contribution is -0.195. The summed E-state index contributed by atoms with van der Waals surface area (Å²) in [6.07, 6.45) is 0.796. The van der Waals surface area contributed by atoms with Gasteiger partial charge in [0.2, 0.25) is 5.79 Å². The van der Waals surface area contributed by atoms with Crippen molar-refractivity contribution >= 4 is 0 Å².